The molecule has 2 aromatic carbocycles. The van der Waals surface area contributed by atoms with Crippen LogP contribution in [0.3, 0.4) is 0 Å². The van der Waals surface area contributed by atoms with Crippen LogP contribution in [0.15, 0.2) is 41.3 Å². The molecule has 2 aliphatic rings. The molecular weight excluding hydrogens is 470 g/mol. The number of benzene rings is 2. The fraction of sp³-hybridized carbons (Fsp3) is 0.208. The Labute approximate surface area is 195 Å². The Morgan fingerprint density at radius 3 is 2.46 bits per heavy atom. The van der Waals surface area contributed by atoms with Crippen LogP contribution in [-0.4, -0.2) is 32.9 Å². The lowest BCUT2D eigenvalue weighted by Crippen LogP contribution is -2.44. The van der Waals surface area contributed by atoms with Crippen molar-refractivity contribution in [2.75, 3.05) is 6.54 Å². The fourth-order valence-electron chi connectivity index (χ4n) is 4.56. The second-order valence-electron chi connectivity index (χ2n) is 8.46. The quantitative estimate of drug-likeness (QED) is 0.556. The van der Waals surface area contributed by atoms with Crippen molar-refractivity contribution in [1.82, 2.24) is 14.8 Å². The molecule has 2 N–H and O–H groups in total. The van der Waals surface area contributed by atoms with Gasteiger partial charge in [0.2, 0.25) is 5.43 Å². The summed E-state index contributed by atoms with van der Waals surface area (Å²) in [6.45, 7) is -0.404. The molecule has 3 heterocycles. The molecule has 35 heavy (non-hydrogen) atoms. The van der Waals surface area contributed by atoms with Crippen molar-refractivity contribution in [2.45, 2.75) is 25.6 Å². The number of nitrogens with zero attached hydrogens (tertiary/aromatic N) is 2. The molecule has 0 unspecified atom stereocenters. The summed E-state index contributed by atoms with van der Waals surface area (Å²) in [5.74, 6) is -6.66. The van der Waals surface area contributed by atoms with E-state index in [1.807, 2.05) is 0 Å². The maximum Gasteiger partial charge on any atom is 0.274 e. The molecule has 2 aliphatic heterocycles. The summed E-state index contributed by atoms with van der Waals surface area (Å²) in [5, 5.41) is 12.8. The first-order valence-electron chi connectivity index (χ1n) is 10.6. The summed E-state index contributed by atoms with van der Waals surface area (Å²) in [6.07, 6.45) is 1.46. The van der Waals surface area contributed by atoms with Crippen molar-refractivity contribution in [1.29, 1.82) is 0 Å². The highest BCUT2D eigenvalue weighted by molar-refractivity contribution is 5.99. The van der Waals surface area contributed by atoms with Crippen LogP contribution in [0.4, 0.5) is 17.6 Å². The Morgan fingerprint density at radius 2 is 1.74 bits per heavy atom. The Morgan fingerprint density at radius 1 is 1.03 bits per heavy atom. The number of aromatic nitrogens is 1. The smallest absolute Gasteiger partial charge is 0.274 e. The van der Waals surface area contributed by atoms with E-state index in [2.05, 4.69) is 5.32 Å². The molecule has 180 valence electrons. The van der Waals surface area contributed by atoms with Crippen molar-refractivity contribution in [3.05, 3.63) is 98.0 Å². The van der Waals surface area contributed by atoms with Gasteiger partial charge in [0.1, 0.15) is 28.8 Å². The van der Waals surface area contributed by atoms with Crippen LogP contribution < -0.4 is 10.7 Å². The number of carbonyl (C=O) groups excluding carboxylic acids is 2. The van der Waals surface area contributed by atoms with Crippen LogP contribution >= 0.6 is 0 Å². The van der Waals surface area contributed by atoms with Crippen LogP contribution in [-0.2, 0) is 19.5 Å². The average molecular weight is 487 g/mol. The van der Waals surface area contributed by atoms with E-state index in [0.717, 1.165) is 11.8 Å². The maximum atomic E-state index is 13.9. The van der Waals surface area contributed by atoms with Gasteiger partial charge in [0.15, 0.2) is 11.4 Å². The summed E-state index contributed by atoms with van der Waals surface area (Å²) in [4.78, 5) is 39.9. The van der Waals surface area contributed by atoms with Crippen LogP contribution in [0, 0.1) is 23.3 Å². The van der Waals surface area contributed by atoms with Gasteiger partial charge in [-0.25, -0.2) is 17.6 Å². The number of rotatable bonds is 3. The first kappa shape index (κ1) is 22.6. The summed E-state index contributed by atoms with van der Waals surface area (Å²) in [7, 11) is 0. The van der Waals surface area contributed by atoms with Crippen LogP contribution in [0.5, 0.6) is 5.75 Å². The largest absolute Gasteiger partial charge is 0.503 e. The number of hydrogen-bond acceptors (Lipinski definition) is 4. The molecule has 7 nitrogen and oxygen atoms in total. The van der Waals surface area contributed by atoms with E-state index in [0.29, 0.717) is 24.1 Å². The Balaban J connectivity index is 1.51. The van der Waals surface area contributed by atoms with Crippen molar-refractivity contribution in [3.8, 4) is 5.75 Å². The summed E-state index contributed by atoms with van der Waals surface area (Å²) in [5.41, 5.74) is -1.22. The monoisotopic (exact) mass is 487 g/mol. The van der Waals surface area contributed by atoms with Crippen molar-refractivity contribution < 1.29 is 32.3 Å². The van der Waals surface area contributed by atoms with Gasteiger partial charge < -0.3 is 19.9 Å². The summed E-state index contributed by atoms with van der Waals surface area (Å²) < 4.78 is 56.0. The molecule has 1 aromatic heterocycles. The number of carbonyl (C=O) groups is 2. The van der Waals surface area contributed by atoms with Crippen LogP contribution in [0.1, 0.15) is 43.6 Å². The van der Waals surface area contributed by atoms with Crippen LogP contribution in [0.25, 0.3) is 0 Å². The lowest BCUT2D eigenvalue weighted by Gasteiger charge is -2.34. The highest BCUT2D eigenvalue weighted by atomic mass is 19.1. The Hall–Kier alpha value is -4.15. The molecule has 0 spiro atoms. The number of hydrogen-bond donors (Lipinski definition) is 2. The van der Waals surface area contributed by atoms with E-state index in [1.54, 1.807) is 6.07 Å². The molecule has 0 saturated heterocycles. The Kier molecular flexibility index (Phi) is 5.34. The van der Waals surface area contributed by atoms with Crippen molar-refractivity contribution in [3.63, 3.8) is 0 Å². The lowest BCUT2D eigenvalue weighted by atomic mass is 10.0. The zero-order valence-electron chi connectivity index (χ0n) is 17.9. The predicted octanol–water partition coefficient (Wildman–Crippen LogP) is 2.79. The minimum Gasteiger partial charge on any atom is -0.503 e. The third-order valence-electron chi connectivity index (χ3n) is 6.29. The SMILES string of the molecule is O=C(NCc1c(F)cc(F)cc1F)c1cn2c(c(O)c1=O)C(=O)N1Cc3cc(F)ccc3C[C@H]2C1. The molecule has 0 saturated carbocycles. The van der Waals surface area contributed by atoms with Crippen molar-refractivity contribution >= 4 is 11.8 Å². The second-order valence-corrected chi connectivity index (χ2v) is 8.46. The second kappa shape index (κ2) is 8.26. The van der Waals surface area contributed by atoms with E-state index in [9.17, 15) is 37.1 Å². The molecule has 1 atom stereocenters. The molecule has 0 aliphatic carbocycles. The molecule has 0 fully saturated rings. The molecule has 2 amide bonds. The highest BCUT2D eigenvalue weighted by Gasteiger charge is 2.37. The lowest BCUT2D eigenvalue weighted by molar-refractivity contribution is 0.0653. The van der Waals surface area contributed by atoms with Crippen LogP contribution in [0.2, 0.25) is 0 Å². The van der Waals surface area contributed by atoms with E-state index in [4.69, 9.17) is 0 Å². The van der Waals surface area contributed by atoms with Gasteiger partial charge in [-0.05, 0) is 29.7 Å². The van der Waals surface area contributed by atoms with E-state index in [-0.39, 0.29) is 18.8 Å². The third kappa shape index (κ3) is 3.82. The predicted molar refractivity (Wildman–Crippen MR) is 114 cm³/mol. The molecule has 3 aromatic rings. The zero-order valence-corrected chi connectivity index (χ0v) is 17.9. The number of fused-ring (bicyclic) bond motifs is 5. The molecule has 5 rings (SSSR count). The number of pyridine rings is 1. The van der Waals surface area contributed by atoms with E-state index < -0.39 is 70.0 Å². The van der Waals surface area contributed by atoms with Gasteiger partial charge >= 0.3 is 0 Å². The van der Waals surface area contributed by atoms with Gasteiger partial charge in [0, 0.05) is 43.5 Å². The minimum atomic E-state index is -1.22. The average Bonchev–Trinajstić information content (AvgIpc) is 2.96. The topological polar surface area (TPSA) is 91.6 Å². The molecule has 2 bridgehead atoms. The zero-order chi connectivity index (χ0) is 25.0. The highest BCUT2D eigenvalue weighted by Crippen LogP contribution is 2.33. The van der Waals surface area contributed by atoms with Gasteiger partial charge in [-0.15, -0.1) is 0 Å². The van der Waals surface area contributed by atoms with Crippen molar-refractivity contribution in [2.24, 2.45) is 0 Å². The van der Waals surface area contributed by atoms with Gasteiger partial charge in [-0.2, -0.15) is 0 Å². The number of halogens is 4. The number of nitrogens with one attached hydrogen (secondary N) is 1. The molecule has 11 heteroatoms. The maximum absolute atomic E-state index is 13.9. The van der Waals surface area contributed by atoms with Gasteiger partial charge in [-0.3, -0.25) is 14.4 Å². The van der Waals surface area contributed by atoms with Gasteiger partial charge in [0.25, 0.3) is 11.8 Å². The normalized spacial score (nSPS) is 16.4. The number of aromatic hydroxyl groups is 1. The summed E-state index contributed by atoms with van der Waals surface area (Å²) >= 11 is 0. The Bertz CT molecular complexity index is 1450. The third-order valence-corrected chi connectivity index (χ3v) is 6.29. The summed E-state index contributed by atoms with van der Waals surface area (Å²) in [6, 6.07) is 4.65. The van der Waals surface area contributed by atoms with E-state index >= 15 is 0 Å². The first-order chi connectivity index (χ1) is 16.6. The molecule has 0 radical (unpaired) electrons. The van der Waals surface area contributed by atoms with E-state index in [1.165, 1.54) is 21.6 Å². The standard InChI is InChI=1S/C24H17F4N3O4/c25-13-2-1-11-4-15-9-30(8-12(11)3-13)24(35)20-22(33)21(32)17(10-31(15)20)23(34)29-7-16-18(27)5-14(26)6-19(16)28/h1-3,5-6,10,15,33H,4,7-9H2,(H,29,34)/t15-/m0/s1. The number of amides is 2. The fourth-order valence-corrected chi connectivity index (χ4v) is 4.56. The van der Waals surface area contributed by atoms with Gasteiger partial charge in [-0.1, -0.05) is 6.07 Å². The first-order valence-corrected chi connectivity index (χ1v) is 10.6. The van der Waals surface area contributed by atoms with Gasteiger partial charge in [0.05, 0.1) is 6.04 Å². The minimum absolute atomic E-state index is 0.0904. The molecular formula is C24H17F4N3O4.